The summed E-state index contributed by atoms with van der Waals surface area (Å²) < 4.78 is 13.7. The van der Waals surface area contributed by atoms with Crippen LogP contribution in [-0.2, 0) is 37.3 Å². The first-order valence-electron chi connectivity index (χ1n) is 6.74. The van der Waals surface area contributed by atoms with E-state index in [0.29, 0.717) is 14.3 Å². The van der Waals surface area contributed by atoms with Crippen LogP contribution in [0.15, 0.2) is 37.2 Å². The van der Waals surface area contributed by atoms with Gasteiger partial charge in [-0.2, -0.15) is 0 Å². The van der Waals surface area contributed by atoms with Crippen LogP contribution in [0.2, 0.25) is 0 Å². The number of aryl methyl sites for hydroxylation is 3. The van der Waals surface area contributed by atoms with E-state index in [9.17, 15) is 0 Å². The van der Waals surface area contributed by atoms with Crippen LogP contribution in [0.3, 0.4) is 0 Å². The zero-order valence-corrected chi connectivity index (χ0v) is 21.0. The molecule has 12 heteroatoms. The third-order valence-electron chi connectivity index (χ3n) is 3.67. The predicted molar refractivity (Wildman–Crippen MR) is 115 cm³/mol. The summed E-state index contributed by atoms with van der Waals surface area (Å²) >= 11 is 20.8. The molecule has 3 aromatic rings. The van der Waals surface area contributed by atoms with Gasteiger partial charge in [-0.05, 0) is 36.7 Å². The van der Waals surface area contributed by atoms with E-state index in [-0.39, 0.29) is 14.5 Å². The Balaban J connectivity index is 0.00000101. The van der Waals surface area contributed by atoms with Gasteiger partial charge in [0.1, 0.15) is 0 Å². The fourth-order valence-electron chi connectivity index (χ4n) is 2.37. The minimum absolute atomic E-state index is 0. The predicted octanol–water partition coefficient (Wildman–Crippen LogP) is 3.56. The normalized spacial score (nSPS) is 10.0. The summed E-state index contributed by atoms with van der Waals surface area (Å²) in [6, 6.07) is 0. The van der Waals surface area contributed by atoms with Gasteiger partial charge in [0, 0.05) is 58.3 Å². The van der Waals surface area contributed by atoms with Crippen LogP contribution in [0.4, 0.5) is 0 Å². The molecule has 0 radical (unpaired) electrons. The monoisotopic (exact) mass is 687 g/mol. The molecule has 0 bridgehead atoms. The average molecular weight is 687 g/mol. The Morgan fingerprint density at radius 3 is 1.08 bits per heavy atom. The second-order valence-corrected chi connectivity index (χ2v) is 6.24. The van der Waals surface area contributed by atoms with E-state index in [1.165, 1.54) is 0 Å². The molecule has 6 nitrogen and oxygen atoms in total. The van der Waals surface area contributed by atoms with Crippen molar-refractivity contribution in [3.8, 4) is 0 Å². The molecule has 3 aromatic heterocycles. The van der Waals surface area contributed by atoms with Gasteiger partial charge in [0.2, 0.25) is 0 Å². The quantitative estimate of drug-likeness (QED) is 0.183. The van der Waals surface area contributed by atoms with Crippen LogP contribution >= 0.6 is 56.0 Å². The summed E-state index contributed by atoms with van der Waals surface area (Å²) in [4.78, 5) is 0. The van der Waals surface area contributed by atoms with Crippen LogP contribution in [0.25, 0.3) is 0 Å². The van der Waals surface area contributed by atoms with Crippen molar-refractivity contribution in [2.45, 2.75) is 0 Å². The SMILES string of the molecule is Cn1ccn(B(n2ccn(C)c2=S)n2ccn(C)c2=S)c1=S.[CH3-].[I][Pt+]. The van der Waals surface area contributed by atoms with Gasteiger partial charge in [0.25, 0.3) is 0 Å². The second-order valence-electron chi connectivity index (χ2n) is 5.14. The molecule has 3 rings (SSSR count). The summed E-state index contributed by atoms with van der Waals surface area (Å²) in [5, 5.41) is 0. The second kappa shape index (κ2) is 9.63. The molecular weight excluding hydrogens is 669 g/mol. The zero-order chi connectivity index (χ0) is 18.0. The molecule has 3 heterocycles. The molecule has 0 fully saturated rings. The number of halogens is 1. The molecule has 138 valence electrons. The first-order chi connectivity index (χ1) is 11.4. The molecular formula is C13H18BIN6PtS3. The number of rotatable bonds is 3. The molecule has 0 unspecified atom stereocenters. The Bertz CT molecular complexity index is 881. The van der Waals surface area contributed by atoms with Gasteiger partial charge in [-0.15, -0.1) is 0 Å². The summed E-state index contributed by atoms with van der Waals surface area (Å²) in [7, 11) is 5.50. The van der Waals surface area contributed by atoms with Crippen LogP contribution in [0.5, 0.6) is 0 Å². The van der Waals surface area contributed by atoms with Crippen molar-refractivity contribution < 1.29 is 16.1 Å². The van der Waals surface area contributed by atoms with Gasteiger partial charge in [0.15, 0.2) is 14.3 Å². The van der Waals surface area contributed by atoms with E-state index in [1.807, 2.05) is 85.5 Å². The van der Waals surface area contributed by atoms with Gasteiger partial charge < -0.3 is 34.6 Å². The summed E-state index contributed by atoms with van der Waals surface area (Å²) in [5.41, 5.74) is 0. The minimum atomic E-state index is -0.268. The molecule has 0 saturated carbocycles. The van der Waals surface area contributed by atoms with E-state index < -0.39 is 0 Å². The van der Waals surface area contributed by atoms with Crippen molar-refractivity contribution >= 4 is 63.1 Å². The summed E-state index contributed by atoms with van der Waals surface area (Å²) in [6.45, 7) is 0. The molecule has 0 N–H and O–H groups in total. The van der Waals surface area contributed by atoms with Gasteiger partial charge in [-0.1, -0.05) is 0 Å². The third kappa shape index (κ3) is 4.37. The van der Waals surface area contributed by atoms with Crippen LogP contribution in [0.1, 0.15) is 0 Å². The maximum absolute atomic E-state index is 5.52. The maximum atomic E-state index is 5.52. The Hall–Kier alpha value is -0.227. The molecule has 0 aromatic carbocycles. The Labute approximate surface area is 185 Å². The molecule has 0 spiro atoms. The molecule has 25 heavy (non-hydrogen) atoms. The van der Waals surface area contributed by atoms with Gasteiger partial charge in [-0.3, -0.25) is 0 Å². The molecule has 0 aliphatic rings. The van der Waals surface area contributed by atoms with Gasteiger partial charge in [-0.25, -0.2) is 0 Å². The standard InChI is InChI=1S/C12H15BN6S3.CH3.HI.Pt/c1-14-4-7-17(10(14)20)13(18-8-5-15(2)11(18)21)19-9-6-16(3)12(19)22;;;/h4-9H,1-3H3;1H3;1H;/q;-1;;+2/p-1. The third-order valence-corrected chi connectivity index (χ3v) is 5.16. The van der Waals surface area contributed by atoms with Crippen molar-refractivity contribution in [2.75, 3.05) is 0 Å². The Morgan fingerprint density at radius 1 is 0.680 bits per heavy atom. The number of aromatic nitrogens is 6. The first-order valence-corrected chi connectivity index (χ1v) is 14.4. The first kappa shape index (κ1) is 22.8. The Morgan fingerprint density at radius 2 is 0.920 bits per heavy atom. The van der Waals surface area contributed by atoms with Crippen LogP contribution < -0.4 is 0 Å². The molecule has 0 amide bonds. The Kier molecular flexibility index (Phi) is 8.79. The average Bonchev–Trinajstić information content (AvgIpc) is 3.20. The number of nitrogens with zero attached hydrogens (tertiary/aromatic N) is 6. The number of hydrogen-bond donors (Lipinski definition) is 0. The topological polar surface area (TPSA) is 29.6 Å². The van der Waals surface area contributed by atoms with Crippen LogP contribution in [-0.4, -0.2) is 34.3 Å². The van der Waals surface area contributed by atoms with Crippen molar-refractivity contribution in [3.63, 3.8) is 0 Å². The van der Waals surface area contributed by atoms with Crippen molar-refractivity contribution in [1.82, 2.24) is 27.1 Å². The summed E-state index contributed by atoms with van der Waals surface area (Å²) in [5.74, 6) is 0. The number of imidazole rings is 3. The van der Waals surface area contributed by atoms with Gasteiger partial charge >= 0.3 is 42.6 Å². The zero-order valence-electron chi connectivity index (χ0n) is 14.1. The van der Waals surface area contributed by atoms with Crippen molar-refractivity contribution in [3.05, 3.63) is 58.9 Å². The van der Waals surface area contributed by atoms with E-state index >= 15 is 0 Å². The molecule has 0 atom stereocenters. The van der Waals surface area contributed by atoms with Crippen molar-refractivity contribution in [1.29, 1.82) is 0 Å². The molecule has 0 aliphatic carbocycles. The summed E-state index contributed by atoms with van der Waals surface area (Å²) in [6.07, 6.45) is 11.6. The fraction of sp³-hybridized carbons (Fsp3) is 0.231. The molecule has 0 aliphatic heterocycles. The number of hydrogen-bond acceptors (Lipinski definition) is 3. The fourth-order valence-corrected chi connectivity index (χ4v) is 3.02. The van der Waals surface area contributed by atoms with Gasteiger partial charge in [0.05, 0.1) is 0 Å². The van der Waals surface area contributed by atoms with E-state index in [2.05, 4.69) is 35.5 Å². The van der Waals surface area contributed by atoms with E-state index in [1.54, 1.807) is 0 Å². The van der Waals surface area contributed by atoms with E-state index in [4.69, 9.17) is 36.7 Å². The van der Waals surface area contributed by atoms with Crippen LogP contribution in [0, 0.1) is 21.7 Å². The van der Waals surface area contributed by atoms with E-state index in [0.717, 1.165) is 0 Å². The van der Waals surface area contributed by atoms with Crippen molar-refractivity contribution in [2.24, 2.45) is 21.1 Å². The molecule has 0 saturated heterocycles.